The first-order chi connectivity index (χ1) is 8.70. The molecule has 1 unspecified atom stereocenters. The van der Waals surface area contributed by atoms with Crippen molar-refractivity contribution in [1.29, 1.82) is 0 Å². The van der Waals surface area contributed by atoms with Gasteiger partial charge in [0, 0.05) is 33.8 Å². The van der Waals surface area contributed by atoms with Crippen molar-refractivity contribution in [1.82, 2.24) is 10.3 Å². The number of benzene rings is 1. The van der Waals surface area contributed by atoms with E-state index in [0.29, 0.717) is 0 Å². The third-order valence-electron chi connectivity index (χ3n) is 2.82. The molecule has 0 aliphatic carbocycles. The van der Waals surface area contributed by atoms with Crippen LogP contribution in [0.25, 0.3) is 0 Å². The van der Waals surface area contributed by atoms with Gasteiger partial charge in [-0.25, -0.2) is 0 Å². The summed E-state index contributed by atoms with van der Waals surface area (Å²) in [5.74, 6) is 0. The van der Waals surface area contributed by atoms with E-state index in [1.54, 1.807) is 0 Å². The maximum absolute atomic E-state index is 6.06. The van der Waals surface area contributed by atoms with Gasteiger partial charge in [-0.05, 0) is 42.9 Å². The van der Waals surface area contributed by atoms with Crippen molar-refractivity contribution in [3.8, 4) is 0 Å². The zero-order chi connectivity index (χ0) is 13.0. The van der Waals surface area contributed by atoms with Gasteiger partial charge in [-0.3, -0.25) is 4.98 Å². The molecule has 0 aliphatic heterocycles. The number of rotatable bonds is 4. The van der Waals surface area contributed by atoms with Gasteiger partial charge < -0.3 is 5.32 Å². The van der Waals surface area contributed by atoms with Crippen LogP contribution in [0.2, 0.25) is 5.02 Å². The Morgan fingerprint density at radius 2 is 2.17 bits per heavy atom. The maximum atomic E-state index is 6.06. The van der Waals surface area contributed by atoms with E-state index in [2.05, 4.69) is 26.2 Å². The molecule has 0 bridgehead atoms. The van der Waals surface area contributed by atoms with E-state index in [-0.39, 0.29) is 6.04 Å². The number of nitrogens with one attached hydrogen (secondary N) is 1. The standard InChI is InChI=1S/C14H14BrClN2/c1-17-14(9-11-4-2-3-7-18-11)12-8-10(16)5-6-13(12)15/h2-8,14,17H,9H2,1H3. The largest absolute Gasteiger partial charge is 0.313 e. The minimum atomic E-state index is 0.188. The summed E-state index contributed by atoms with van der Waals surface area (Å²) < 4.78 is 1.06. The first-order valence-corrected chi connectivity index (χ1v) is 6.90. The Labute approximate surface area is 121 Å². The molecule has 2 aromatic rings. The summed E-state index contributed by atoms with van der Waals surface area (Å²) in [6.45, 7) is 0. The summed E-state index contributed by atoms with van der Waals surface area (Å²) in [6.07, 6.45) is 2.64. The number of hydrogen-bond acceptors (Lipinski definition) is 2. The molecule has 0 saturated carbocycles. The van der Waals surface area contributed by atoms with Gasteiger partial charge in [-0.1, -0.05) is 33.6 Å². The minimum absolute atomic E-state index is 0.188. The minimum Gasteiger partial charge on any atom is -0.313 e. The summed E-state index contributed by atoms with van der Waals surface area (Å²) in [6, 6.07) is 12.0. The Bertz CT molecular complexity index is 516. The van der Waals surface area contributed by atoms with Crippen molar-refractivity contribution in [2.24, 2.45) is 0 Å². The van der Waals surface area contributed by atoms with Crippen LogP contribution in [-0.4, -0.2) is 12.0 Å². The van der Waals surface area contributed by atoms with Crippen LogP contribution >= 0.6 is 27.5 Å². The first kappa shape index (κ1) is 13.5. The van der Waals surface area contributed by atoms with Gasteiger partial charge in [0.1, 0.15) is 0 Å². The third kappa shape index (κ3) is 3.31. The van der Waals surface area contributed by atoms with Crippen molar-refractivity contribution in [3.63, 3.8) is 0 Å². The lowest BCUT2D eigenvalue weighted by Crippen LogP contribution is -2.19. The quantitative estimate of drug-likeness (QED) is 0.919. The Balaban J connectivity index is 2.26. The zero-order valence-corrected chi connectivity index (χ0v) is 12.4. The molecule has 1 atom stereocenters. The molecular weight excluding hydrogens is 312 g/mol. The van der Waals surface area contributed by atoms with Crippen LogP contribution in [0.3, 0.4) is 0 Å². The predicted molar refractivity (Wildman–Crippen MR) is 78.9 cm³/mol. The van der Waals surface area contributed by atoms with Crippen LogP contribution in [0.5, 0.6) is 0 Å². The number of pyridine rings is 1. The van der Waals surface area contributed by atoms with Crippen LogP contribution in [-0.2, 0) is 6.42 Å². The average molecular weight is 326 g/mol. The number of likely N-dealkylation sites (N-methyl/N-ethyl adjacent to an activating group) is 1. The highest BCUT2D eigenvalue weighted by atomic mass is 79.9. The summed E-state index contributed by atoms with van der Waals surface area (Å²) in [5.41, 5.74) is 2.21. The highest BCUT2D eigenvalue weighted by molar-refractivity contribution is 9.10. The molecule has 1 heterocycles. The van der Waals surface area contributed by atoms with E-state index in [4.69, 9.17) is 11.6 Å². The van der Waals surface area contributed by atoms with Crippen molar-refractivity contribution < 1.29 is 0 Å². The molecule has 1 N–H and O–H groups in total. The highest BCUT2D eigenvalue weighted by Crippen LogP contribution is 2.28. The molecule has 0 saturated heterocycles. The lowest BCUT2D eigenvalue weighted by Gasteiger charge is -2.18. The van der Waals surface area contributed by atoms with Gasteiger partial charge in [0.2, 0.25) is 0 Å². The third-order valence-corrected chi connectivity index (χ3v) is 3.78. The zero-order valence-electron chi connectivity index (χ0n) is 10.0. The molecule has 2 rings (SSSR count). The second kappa shape index (κ2) is 6.32. The van der Waals surface area contributed by atoms with Crippen LogP contribution in [0, 0.1) is 0 Å². The second-order valence-corrected chi connectivity index (χ2v) is 5.32. The number of hydrogen-bond donors (Lipinski definition) is 1. The van der Waals surface area contributed by atoms with Gasteiger partial charge in [-0.2, -0.15) is 0 Å². The molecule has 94 valence electrons. The Morgan fingerprint density at radius 1 is 1.33 bits per heavy atom. The van der Waals surface area contributed by atoms with Crippen LogP contribution < -0.4 is 5.32 Å². The predicted octanol–water partition coefficient (Wildman–Crippen LogP) is 4.00. The van der Waals surface area contributed by atoms with E-state index in [9.17, 15) is 0 Å². The fraction of sp³-hybridized carbons (Fsp3) is 0.214. The van der Waals surface area contributed by atoms with Gasteiger partial charge in [0.15, 0.2) is 0 Å². The summed E-state index contributed by atoms with van der Waals surface area (Å²) in [4.78, 5) is 4.36. The van der Waals surface area contributed by atoms with E-state index in [1.807, 2.05) is 49.6 Å². The summed E-state index contributed by atoms with van der Waals surface area (Å²) in [7, 11) is 1.95. The van der Waals surface area contributed by atoms with Gasteiger partial charge in [-0.15, -0.1) is 0 Å². The number of aromatic nitrogens is 1. The fourth-order valence-electron chi connectivity index (χ4n) is 1.88. The monoisotopic (exact) mass is 324 g/mol. The molecule has 0 amide bonds. The van der Waals surface area contributed by atoms with Gasteiger partial charge in [0.05, 0.1) is 0 Å². The maximum Gasteiger partial charge on any atom is 0.0422 e. The smallest absolute Gasteiger partial charge is 0.0422 e. The van der Waals surface area contributed by atoms with E-state index in [0.717, 1.165) is 27.2 Å². The van der Waals surface area contributed by atoms with Crippen LogP contribution in [0.4, 0.5) is 0 Å². The van der Waals surface area contributed by atoms with E-state index >= 15 is 0 Å². The molecule has 0 fully saturated rings. The van der Waals surface area contributed by atoms with E-state index < -0.39 is 0 Å². The lowest BCUT2D eigenvalue weighted by molar-refractivity contribution is 0.582. The Hall–Kier alpha value is -0.900. The Kier molecular flexibility index (Phi) is 4.75. The molecule has 0 spiro atoms. The Morgan fingerprint density at radius 3 is 2.83 bits per heavy atom. The number of nitrogens with zero attached hydrogens (tertiary/aromatic N) is 1. The molecule has 2 nitrogen and oxygen atoms in total. The molecule has 0 radical (unpaired) electrons. The van der Waals surface area contributed by atoms with Gasteiger partial charge >= 0.3 is 0 Å². The summed E-state index contributed by atoms with van der Waals surface area (Å²) in [5, 5.41) is 4.05. The fourth-order valence-corrected chi connectivity index (χ4v) is 2.58. The molecule has 0 aliphatic rings. The second-order valence-electron chi connectivity index (χ2n) is 4.03. The van der Waals surface area contributed by atoms with E-state index in [1.165, 1.54) is 0 Å². The summed E-state index contributed by atoms with van der Waals surface area (Å²) >= 11 is 9.62. The molecule has 4 heteroatoms. The molecule has 1 aromatic heterocycles. The topological polar surface area (TPSA) is 24.9 Å². The van der Waals surface area contributed by atoms with Crippen LogP contribution in [0.15, 0.2) is 47.1 Å². The number of halogens is 2. The molecule has 1 aromatic carbocycles. The average Bonchev–Trinajstić information content (AvgIpc) is 2.40. The SMILES string of the molecule is CNC(Cc1ccccn1)c1cc(Cl)ccc1Br. The molecule has 18 heavy (non-hydrogen) atoms. The van der Waals surface area contributed by atoms with Crippen LogP contribution in [0.1, 0.15) is 17.3 Å². The van der Waals surface area contributed by atoms with Gasteiger partial charge in [0.25, 0.3) is 0 Å². The highest BCUT2D eigenvalue weighted by Gasteiger charge is 2.14. The van der Waals surface area contributed by atoms with Crippen molar-refractivity contribution in [3.05, 3.63) is 63.3 Å². The first-order valence-electron chi connectivity index (χ1n) is 5.73. The van der Waals surface area contributed by atoms with Crippen molar-refractivity contribution in [2.75, 3.05) is 7.05 Å². The lowest BCUT2D eigenvalue weighted by atomic mass is 10.0. The van der Waals surface area contributed by atoms with Crippen molar-refractivity contribution >= 4 is 27.5 Å². The normalized spacial score (nSPS) is 12.4. The van der Waals surface area contributed by atoms with Crippen molar-refractivity contribution in [2.45, 2.75) is 12.5 Å². The molecular formula is C14H14BrClN2.